The van der Waals surface area contributed by atoms with E-state index in [0.717, 1.165) is 33.1 Å². The maximum absolute atomic E-state index is 13.0. The van der Waals surface area contributed by atoms with E-state index in [1.807, 2.05) is 56.3 Å². The smallest absolute Gasteiger partial charge is 0.256 e. The summed E-state index contributed by atoms with van der Waals surface area (Å²) in [5, 5.41) is 5.36. The zero-order valence-electron chi connectivity index (χ0n) is 14.4. The lowest BCUT2D eigenvalue weighted by molar-refractivity contribution is 0.102. The molecule has 4 rings (SSSR count). The first-order valence-corrected chi connectivity index (χ1v) is 8.64. The highest BCUT2D eigenvalue weighted by Crippen LogP contribution is 2.29. The number of hydrogen-bond donors (Lipinski definition) is 1. The Morgan fingerprint density at radius 1 is 1.04 bits per heavy atom. The molecule has 4 aromatic rings. The van der Waals surface area contributed by atoms with Gasteiger partial charge in [-0.1, -0.05) is 29.8 Å². The summed E-state index contributed by atoms with van der Waals surface area (Å²) in [5.74, 6) is -0.174. The Labute approximate surface area is 155 Å². The molecule has 128 valence electrons. The van der Waals surface area contributed by atoms with Gasteiger partial charge in [0.25, 0.3) is 5.91 Å². The van der Waals surface area contributed by atoms with Crippen molar-refractivity contribution in [1.29, 1.82) is 0 Å². The Morgan fingerprint density at radius 3 is 2.69 bits per heavy atom. The molecular formula is C21H16ClN3O. The average molecular weight is 362 g/mol. The molecule has 2 aromatic carbocycles. The summed E-state index contributed by atoms with van der Waals surface area (Å²) in [4.78, 5) is 21.9. The molecule has 0 bridgehead atoms. The molecule has 2 aromatic heterocycles. The van der Waals surface area contributed by atoms with Gasteiger partial charge in [0.05, 0.1) is 22.3 Å². The summed E-state index contributed by atoms with van der Waals surface area (Å²) in [7, 11) is 0. The number of halogens is 1. The molecule has 0 unspecified atom stereocenters. The maximum Gasteiger partial charge on any atom is 0.256 e. The van der Waals surface area contributed by atoms with Gasteiger partial charge in [0.15, 0.2) is 0 Å². The molecule has 0 fully saturated rings. The number of nitrogens with zero attached hydrogens (tertiary/aromatic N) is 2. The Kier molecular flexibility index (Phi) is 4.05. The first-order chi connectivity index (χ1) is 12.5. The van der Waals surface area contributed by atoms with Crippen molar-refractivity contribution in [3.63, 3.8) is 0 Å². The number of anilines is 1. The molecule has 26 heavy (non-hydrogen) atoms. The van der Waals surface area contributed by atoms with Gasteiger partial charge in [0.1, 0.15) is 0 Å². The van der Waals surface area contributed by atoms with Gasteiger partial charge in [0, 0.05) is 27.7 Å². The van der Waals surface area contributed by atoms with Crippen molar-refractivity contribution in [2.75, 3.05) is 5.32 Å². The van der Waals surface area contributed by atoms with Crippen LogP contribution in [0.1, 0.15) is 21.6 Å². The number of carbonyl (C=O) groups excluding carboxylic acids is 1. The van der Waals surface area contributed by atoms with E-state index in [9.17, 15) is 4.79 Å². The molecule has 2 heterocycles. The fraction of sp³-hybridized carbons (Fsp3) is 0.0952. The van der Waals surface area contributed by atoms with Crippen LogP contribution in [0.4, 0.5) is 5.69 Å². The van der Waals surface area contributed by atoms with Crippen molar-refractivity contribution >= 4 is 45.0 Å². The summed E-state index contributed by atoms with van der Waals surface area (Å²) in [5.41, 5.74) is 4.59. The van der Waals surface area contributed by atoms with Crippen LogP contribution in [0.2, 0.25) is 5.02 Å². The summed E-state index contributed by atoms with van der Waals surface area (Å²) in [6.45, 7) is 3.80. The van der Waals surface area contributed by atoms with Crippen molar-refractivity contribution < 1.29 is 4.79 Å². The van der Waals surface area contributed by atoms with E-state index in [4.69, 9.17) is 11.6 Å². The number of aryl methyl sites for hydroxylation is 2. The Hall–Kier alpha value is -2.98. The zero-order valence-corrected chi connectivity index (χ0v) is 15.1. The SMILES string of the molecule is Cc1cc(C(=O)Nc2ccnc3c(C)c(Cl)ccc23)c2ccccc2n1. The van der Waals surface area contributed by atoms with Crippen LogP contribution in [-0.4, -0.2) is 15.9 Å². The Balaban J connectivity index is 1.81. The van der Waals surface area contributed by atoms with Crippen LogP contribution in [0.25, 0.3) is 21.8 Å². The van der Waals surface area contributed by atoms with Crippen molar-refractivity contribution in [3.05, 3.63) is 76.6 Å². The van der Waals surface area contributed by atoms with E-state index < -0.39 is 0 Å². The highest BCUT2D eigenvalue weighted by atomic mass is 35.5. The molecule has 4 nitrogen and oxygen atoms in total. The molecule has 0 radical (unpaired) electrons. The van der Waals surface area contributed by atoms with Crippen molar-refractivity contribution in [3.8, 4) is 0 Å². The number of hydrogen-bond acceptors (Lipinski definition) is 3. The van der Waals surface area contributed by atoms with E-state index in [1.165, 1.54) is 0 Å². The first-order valence-electron chi connectivity index (χ1n) is 8.26. The third-order valence-corrected chi connectivity index (χ3v) is 4.85. The second-order valence-electron chi connectivity index (χ2n) is 6.21. The lowest BCUT2D eigenvalue weighted by Gasteiger charge is -2.12. The number of rotatable bonds is 2. The summed E-state index contributed by atoms with van der Waals surface area (Å²) < 4.78 is 0. The number of pyridine rings is 2. The molecule has 0 aliphatic heterocycles. The maximum atomic E-state index is 13.0. The first kappa shape index (κ1) is 16.5. The second-order valence-corrected chi connectivity index (χ2v) is 6.62. The van der Waals surface area contributed by atoms with Gasteiger partial charge in [-0.2, -0.15) is 0 Å². The Morgan fingerprint density at radius 2 is 1.85 bits per heavy atom. The van der Waals surface area contributed by atoms with Crippen LogP contribution in [0.5, 0.6) is 0 Å². The van der Waals surface area contributed by atoms with Crippen LogP contribution in [0.3, 0.4) is 0 Å². The predicted molar refractivity (Wildman–Crippen MR) is 106 cm³/mol. The minimum atomic E-state index is -0.174. The summed E-state index contributed by atoms with van der Waals surface area (Å²) in [6.07, 6.45) is 1.68. The molecule has 0 spiro atoms. The minimum Gasteiger partial charge on any atom is -0.321 e. The van der Waals surface area contributed by atoms with Crippen molar-refractivity contribution in [2.45, 2.75) is 13.8 Å². The van der Waals surface area contributed by atoms with Crippen molar-refractivity contribution in [1.82, 2.24) is 9.97 Å². The fourth-order valence-electron chi connectivity index (χ4n) is 3.13. The average Bonchev–Trinajstić information content (AvgIpc) is 2.64. The standard InChI is InChI=1S/C21H16ClN3O/c1-12-11-16(14-5-3-4-6-18(14)24-12)21(26)25-19-9-10-23-20-13(2)17(22)8-7-15(19)20/h3-11H,1-2H3,(H,23,25,26). The van der Waals surface area contributed by atoms with Crippen LogP contribution >= 0.6 is 11.6 Å². The van der Waals surface area contributed by atoms with Gasteiger partial charge >= 0.3 is 0 Å². The quantitative estimate of drug-likeness (QED) is 0.526. The van der Waals surface area contributed by atoms with Gasteiger partial charge in [-0.3, -0.25) is 14.8 Å². The predicted octanol–water partition coefficient (Wildman–Crippen LogP) is 5.31. The fourth-order valence-corrected chi connectivity index (χ4v) is 3.28. The molecule has 0 aliphatic carbocycles. The van der Waals surface area contributed by atoms with Gasteiger partial charge in [-0.25, -0.2) is 0 Å². The molecule has 0 saturated heterocycles. The molecule has 1 amide bonds. The highest BCUT2D eigenvalue weighted by molar-refractivity contribution is 6.32. The number of nitrogens with one attached hydrogen (secondary N) is 1. The highest BCUT2D eigenvalue weighted by Gasteiger charge is 2.14. The number of amides is 1. The van der Waals surface area contributed by atoms with Gasteiger partial charge in [-0.15, -0.1) is 0 Å². The molecule has 0 atom stereocenters. The van der Waals surface area contributed by atoms with E-state index in [2.05, 4.69) is 15.3 Å². The van der Waals surface area contributed by atoms with Gasteiger partial charge in [-0.05, 0) is 49.7 Å². The summed E-state index contributed by atoms with van der Waals surface area (Å²) >= 11 is 6.19. The molecule has 0 aliphatic rings. The van der Waals surface area contributed by atoms with Crippen molar-refractivity contribution in [2.24, 2.45) is 0 Å². The monoisotopic (exact) mass is 361 g/mol. The lowest BCUT2D eigenvalue weighted by Crippen LogP contribution is -2.13. The molecular weight excluding hydrogens is 346 g/mol. The van der Waals surface area contributed by atoms with Crippen LogP contribution < -0.4 is 5.32 Å². The molecule has 0 saturated carbocycles. The third kappa shape index (κ3) is 2.78. The topological polar surface area (TPSA) is 54.9 Å². The molecule has 5 heteroatoms. The van der Waals surface area contributed by atoms with E-state index in [1.54, 1.807) is 12.3 Å². The van der Waals surface area contributed by atoms with Crippen LogP contribution in [0, 0.1) is 13.8 Å². The summed E-state index contributed by atoms with van der Waals surface area (Å²) in [6, 6.07) is 14.9. The van der Waals surface area contributed by atoms with Crippen LogP contribution in [0.15, 0.2) is 54.7 Å². The van der Waals surface area contributed by atoms with Gasteiger partial charge in [0.2, 0.25) is 0 Å². The number of carbonyl (C=O) groups is 1. The number of benzene rings is 2. The number of fused-ring (bicyclic) bond motifs is 2. The Bertz CT molecular complexity index is 1170. The second kappa shape index (κ2) is 6.39. The molecule has 1 N–H and O–H groups in total. The lowest BCUT2D eigenvalue weighted by atomic mass is 10.1. The zero-order chi connectivity index (χ0) is 18.3. The van der Waals surface area contributed by atoms with E-state index >= 15 is 0 Å². The van der Waals surface area contributed by atoms with Gasteiger partial charge < -0.3 is 5.32 Å². The normalized spacial score (nSPS) is 11.0. The number of aromatic nitrogens is 2. The number of para-hydroxylation sites is 1. The van der Waals surface area contributed by atoms with Crippen LogP contribution in [-0.2, 0) is 0 Å². The van der Waals surface area contributed by atoms with E-state index in [0.29, 0.717) is 16.3 Å². The minimum absolute atomic E-state index is 0.174. The third-order valence-electron chi connectivity index (χ3n) is 4.44. The van der Waals surface area contributed by atoms with E-state index in [-0.39, 0.29) is 5.91 Å². The largest absolute Gasteiger partial charge is 0.321 e.